The summed E-state index contributed by atoms with van der Waals surface area (Å²) in [5.74, 6) is -0.0706. The normalized spacial score (nSPS) is 14.4. The van der Waals surface area contributed by atoms with Gasteiger partial charge >= 0.3 is 0 Å². The molecule has 1 saturated carbocycles. The van der Waals surface area contributed by atoms with Crippen LogP contribution in [0.4, 0.5) is 0 Å². The predicted molar refractivity (Wildman–Crippen MR) is 106 cm³/mol. The van der Waals surface area contributed by atoms with E-state index >= 15 is 0 Å². The maximum Gasteiger partial charge on any atom is 0.251 e. The molecule has 2 amide bonds. The fourth-order valence-corrected chi connectivity index (χ4v) is 3.15. The van der Waals surface area contributed by atoms with Crippen molar-refractivity contribution in [2.24, 2.45) is 5.41 Å². The monoisotopic (exact) mass is 366 g/mol. The van der Waals surface area contributed by atoms with Gasteiger partial charge in [0.2, 0.25) is 5.91 Å². The SMILES string of the molecule is CNC(=O)Cc1ccc(-c2cccc(C(=O)NCC3(COC)CC3)c2)cc1. The molecule has 0 radical (unpaired) electrons. The molecule has 0 bridgehead atoms. The smallest absolute Gasteiger partial charge is 0.251 e. The van der Waals surface area contributed by atoms with E-state index in [0.29, 0.717) is 25.1 Å². The van der Waals surface area contributed by atoms with Crippen molar-refractivity contribution in [2.75, 3.05) is 27.3 Å². The zero-order valence-corrected chi connectivity index (χ0v) is 15.9. The van der Waals surface area contributed by atoms with Crippen LogP contribution in [0.15, 0.2) is 48.5 Å². The Morgan fingerprint density at radius 1 is 1.07 bits per heavy atom. The molecular formula is C22H26N2O3. The first-order chi connectivity index (χ1) is 13.0. The summed E-state index contributed by atoms with van der Waals surface area (Å²) in [4.78, 5) is 24.0. The zero-order valence-electron chi connectivity index (χ0n) is 15.9. The summed E-state index contributed by atoms with van der Waals surface area (Å²) in [6.07, 6.45) is 2.57. The van der Waals surface area contributed by atoms with Crippen molar-refractivity contribution in [1.29, 1.82) is 0 Å². The Labute approximate surface area is 160 Å². The molecule has 2 aromatic carbocycles. The number of carbonyl (C=O) groups excluding carboxylic acids is 2. The van der Waals surface area contributed by atoms with E-state index in [0.717, 1.165) is 29.5 Å². The Hall–Kier alpha value is -2.66. The van der Waals surface area contributed by atoms with E-state index in [-0.39, 0.29) is 17.2 Å². The molecular weight excluding hydrogens is 340 g/mol. The van der Waals surface area contributed by atoms with Crippen molar-refractivity contribution in [3.63, 3.8) is 0 Å². The summed E-state index contributed by atoms with van der Waals surface area (Å²) < 4.78 is 5.25. The first-order valence-electron chi connectivity index (χ1n) is 9.22. The van der Waals surface area contributed by atoms with E-state index in [1.807, 2.05) is 48.5 Å². The van der Waals surface area contributed by atoms with Gasteiger partial charge in [0.15, 0.2) is 0 Å². The number of ether oxygens (including phenoxy) is 1. The van der Waals surface area contributed by atoms with E-state index in [1.165, 1.54) is 0 Å². The molecule has 5 nitrogen and oxygen atoms in total. The summed E-state index contributed by atoms with van der Waals surface area (Å²) in [7, 11) is 3.33. The quantitative estimate of drug-likeness (QED) is 0.755. The van der Waals surface area contributed by atoms with Gasteiger partial charge in [0, 0.05) is 31.7 Å². The molecule has 0 spiro atoms. The van der Waals surface area contributed by atoms with E-state index in [2.05, 4.69) is 10.6 Å². The van der Waals surface area contributed by atoms with Crippen LogP contribution in [0.25, 0.3) is 11.1 Å². The summed E-state index contributed by atoms with van der Waals surface area (Å²) >= 11 is 0. The predicted octanol–water partition coefficient (Wildman–Crippen LogP) is 2.80. The molecule has 1 aliphatic carbocycles. The minimum absolute atomic E-state index is 0.0108. The number of benzene rings is 2. The number of nitrogens with one attached hydrogen (secondary N) is 2. The van der Waals surface area contributed by atoms with Crippen molar-refractivity contribution < 1.29 is 14.3 Å². The number of methoxy groups -OCH3 is 1. The van der Waals surface area contributed by atoms with Gasteiger partial charge in [-0.25, -0.2) is 0 Å². The maximum atomic E-state index is 12.5. The lowest BCUT2D eigenvalue weighted by Gasteiger charge is -2.15. The van der Waals surface area contributed by atoms with Crippen molar-refractivity contribution in [3.8, 4) is 11.1 Å². The van der Waals surface area contributed by atoms with Crippen LogP contribution in [0.1, 0.15) is 28.8 Å². The van der Waals surface area contributed by atoms with Crippen LogP contribution < -0.4 is 10.6 Å². The van der Waals surface area contributed by atoms with Gasteiger partial charge in [0.05, 0.1) is 13.0 Å². The van der Waals surface area contributed by atoms with Crippen LogP contribution in [0, 0.1) is 5.41 Å². The molecule has 0 saturated heterocycles. The van der Waals surface area contributed by atoms with Crippen LogP contribution in [0.5, 0.6) is 0 Å². The molecule has 142 valence electrons. The fourth-order valence-electron chi connectivity index (χ4n) is 3.15. The third-order valence-corrected chi connectivity index (χ3v) is 5.09. The molecule has 0 unspecified atom stereocenters. The molecule has 0 atom stereocenters. The lowest BCUT2D eigenvalue weighted by Crippen LogP contribution is -2.32. The summed E-state index contributed by atoms with van der Waals surface area (Å²) in [5.41, 5.74) is 3.73. The van der Waals surface area contributed by atoms with Crippen LogP contribution in [0.2, 0.25) is 0 Å². The maximum absolute atomic E-state index is 12.5. The number of carbonyl (C=O) groups is 2. The molecule has 0 aliphatic heterocycles. The molecule has 2 aromatic rings. The highest BCUT2D eigenvalue weighted by Crippen LogP contribution is 2.45. The Morgan fingerprint density at radius 2 is 1.81 bits per heavy atom. The van der Waals surface area contributed by atoms with Gasteiger partial charge in [-0.2, -0.15) is 0 Å². The number of likely N-dealkylation sites (N-methyl/N-ethyl adjacent to an activating group) is 1. The molecule has 2 N–H and O–H groups in total. The van der Waals surface area contributed by atoms with Crippen molar-refractivity contribution >= 4 is 11.8 Å². The summed E-state index contributed by atoms with van der Waals surface area (Å²) in [6, 6.07) is 15.5. The largest absolute Gasteiger partial charge is 0.384 e. The van der Waals surface area contributed by atoms with E-state index in [1.54, 1.807) is 14.2 Å². The Bertz CT molecular complexity index is 811. The molecule has 3 rings (SSSR count). The second-order valence-electron chi connectivity index (χ2n) is 7.24. The first-order valence-corrected chi connectivity index (χ1v) is 9.22. The van der Waals surface area contributed by atoms with Crippen molar-refractivity contribution in [3.05, 3.63) is 59.7 Å². The van der Waals surface area contributed by atoms with Gasteiger partial charge in [-0.05, 0) is 41.7 Å². The first kappa shape index (κ1) is 19.1. The fraction of sp³-hybridized carbons (Fsp3) is 0.364. The molecule has 0 aromatic heterocycles. The minimum atomic E-state index is -0.0598. The van der Waals surface area contributed by atoms with E-state index in [9.17, 15) is 9.59 Å². The highest BCUT2D eigenvalue weighted by atomic mass is 16.5. The van der Waals surface area contributed by atoms with Crippen molar-refractivity contribution in [1.82, 2.24) is 10.6 Å². The van der Waals surface area contributed by atoms with Crippen molar-refractivity contribution in [2.45, 2.75) is 19.3 Å². The summed E-state index contributed by atoms with van der Waals surface area (Å²) in [5, 5.41) is 5.66. The second kappa shape index (κ2) is 8.35. The topological polar surface area (TPSA) is 67.4 Å². The lowest BCUT2D eigenvalue weighted by molar-refractivity contribution is -0.119. The van der Waals surface area contributed by atoms with Gasteiger partial charge in [-0.15, -0.1) is 0 Å². The van der Waals surface area contributed by atoms with E-state index < -0.39 is 0 Å². The number of amides is 2. The van der Waals surface area contributed by atoms with Crippen LogP contribution in [-0.2, 0) is 16.0 Å². The molecule has 5 heteroatoms. The molecule has 0 heterocycles. The number of hydrogen-bond donors (Lipinski definition) is 2. The Morgan fingerprint density at radius 3 is 2.44 bits per heavy atom. The highest BCUT2D eigenvalue weighted by Gasteiger charge is 2.42. The standard InChI is InChI=1S/C22H26N2O3/c1-23-20(25)12-16-6-8-17(9-7-16)18-4-3-5-19(13-18)21(26)24-14-22(10-11-22)15-27-2/h3-9,13H,10-12,14-15H2,1-2H3,(H,23,25)(H,24,26). The second-order valence-corrected chi connectivity index (χ2v) is 7.24. The van der Waals surface area contributed by atoms with Crippen LogP contribution >= 0.6 is 0 Å². The van der Waals surface area contributed by atoms with Gasteiger partial charge < -0.3 is 15.4 Å². The van der Waals surface area contributed by atoms with E-state index in [4.69, 9.17) is 4.74 Å². The minimum Gasteiger partial charge on any atom is -0.384 e. The molecule has 1 fully saturated rings. The van der Waals surface area contributed by atoms with Gasteiger partial charge in [0.25, 0.3) is 5.91 Å². The molecule has 27 heavy (non-hydrogen) atoms. The average molecular weight is 366 g/mol. The Kier molecular flexibility index (Phi) is 5.91. The zero-order chi connectivity index (χ0) is 19.3. The molecule has 1 aliphatic rings. The van der Waals surface area contributed by atoms with Crippen LogP contribution in [-0.4, -0.2) is 39.1 Å². The van der Waals surface area contributed by atoms with Gasteiger partial charge in [-0.3, -0.25) is 9.59 Å². The average Bonchev–Trinajstić information content (AvgIpc) is 3.47. The lowest BCUT2D eigenvalue weighted by atomic mass is 10.0. The summed E-state index contributed by atoms with van der Waals surface area (Å²) in [6.45, 7) is 1.34. The third kappa shape index (κ3) is 4.95. The number of rotatable bonds is 8. The Balaban J connectivity index is 1.66. The highest BCUT2D eigenvalue weighted by molar-refractivity contribution is 5.95. The van der Waals surface area contributed by atoms with Gasteiger partial charge in [-0.1, -0.05) is 36.4 Å². The van der Waals surface area contributed by atoms with Gasteiger partial charge in [0.1, 0.15) is 0 Å². The van der Waals surface area contributed by atoms with Crippen LogP contribution in [0.3, 0.4) is 0 Å². The third-order valence-electron chi connectivity index (χ3n) is 5.09. The number of hydrogen-bond acceptors (Lipinski definition) is 3.